The minimum absolute atomic E-state index is 0.257. The van der Waals surface area contributed by atoms with E-state index in [9.17, 15) is 9.46 Å². The monoisotopic (exact) mass is 394 g/mol. The van der Waals surface area contributed by atoms with Crippen molar-refractivity contribution in [3.63, 3.8) is 0 Å². The normalized spacial score (nSPS) is 14.5. The van der Waals surface area contributed by atoms with Crippen LogP contribution in [0.3, 0.4) is 0 Å². The van der Waals surface area contributed by atoms with Crippen LogP contribution >= 0.6 is 7.82 Å². The number of nitrogens with zero attached hydrogens (tertiary/aromatic N) is 1. The zero-order valence-electron chi connectivity index (χ0n) is 17.9. The average molecular weight is 395 g/mol. The van der Waals surface area contributed by atoms with Gasteiger partial charge in [-0.3, -0.25) is 9.05 Å². The predicted molar refractivity (Wildman–Crippen MR) is 110 cm³/mol. The first-order valence-corrected chi connectivity index (χ1v) is 12.3. The van der Waals surface area contributed by atoms with Crippen molar-refractivity contribution < 1.29 is 23.0 Å². The highest BCUT2D eigenvalue weighted by molar-refractivity contribution is 7.47. The lowest BCUT2D eigenvalue weighted by atomic mass is 10.1. The zero-order chi connectivity index (χ0) is 19.7. The number of hydrogen-bond donors (Lipinski definition) is 1. The van der Waals surface area contributed by atoms with Crippen LogP contribution in [0.4, 0.5) is 0 Å². The highest BCUT2D eigenvalue weighted by atomic mass is 31.2. The fourth-order valence-corrected chi connectivity index (χ4v) is 3.68. The molecule has 0 heterocycles. The first-order valence-electron chi connectivity index (χ1n) is 10.8. The Balaban J connectivity index is 3.71. The van der Waals surface area contributed by atoms with Crippen molar-refractivity contribution in [2.24, 2.45) is 0 Å². The van der Waals surface area contributed by atoms with Gasteiger partial charge in [0.1, 0.15) is 13.2 Å². The van der Waals surface area contributed by atoms with Crippen LogP contribution in [0.5, 0.6) is 0 Å². The summed E-state index contributed by atoms with van der Waals surface area (Å²) in [4.78, 5) is 9.75. The maximum Gasteiger partial charge on any atom is 0.472 e. The largest absolute Gasteiger partial charge is 0.472 e. The fraction of sp³-hybridized carbons (Fsp3) is 1.00. The van der Waals surface area contributed by atoms with Gasteiger partial charge in [-0.25, -0.2) is 4.57 Å². The lowest BCUT2D eigenvalue weighted by Crippen LogP contribution is -2.42. The van der Waals surface area contributed by atoms with Crippen LogP contribution in [0.2, 0.25) is 0 Å². The van der Waals surface area contributed by atoms with Crippen molar-refractivity contribution in [3.05, 3.63) is 0 Å². The molecule has 0 saturated heterocycles. The molecule has 0 aromatic heterocycles. The van der Waals surface area contributed by atoms with Gasteiger partial charge in [-0.15, -0.1) is 0 Å². The second-order valence-corrected chi connectivity index (χ2v) is 9.51. The van der Waals surface area contributed by atoms with Crippen LogP contribution in [-0.2, 0) is 13.6 Å². The molecule has 26 heavy (non-hydrogen) atoms. The third-order valence-corrected chi connectivity index (χ3v) is 5.84. The quantitative estimate of drug-likeness (QED) is 0.168. The maximum atomic E-state index is 11.9. The maximum absolute atomic E-state index is 11.9. The van der Waals surface area contributed by atoms with E-state index in [-0.39, 0.29) is 6.61 Å². The topological polar surface area (TPSA) is 55.8 Å². The standard InChI is InChI=1S/C20H44NO4P/c1-5-7-9-11-13-15-17-21(3,4)18-20-25-26(22,23)24-19-16-14-12-10-8-6-2/h5-20H2,1-4H3/p+1. The van der Waals surface area contributed by atoms with Crippen LogP contribution in [0.1, 0.15) is 90.9 Å². The molecule has 1 unspecified atom stereocenters. The van der Waals surface area contributed by atoms with Gasteiger partial charge in [0.05, 0.1) is 27.2 Å². The molecule has 0 rings (SSSR count). The molecule has 0 aliphatic rings. The van der Waals surface area contributed by atoms with E-state index < -0.39 is 7.82 Å². The first kappa shape index (κ1) is 26.1. The van der Waals surface area contributed by atoms with Crippen LogP contribution in [0, 0.1) is 0 Å². The summed E-state index contributed by atoms with van der Waals surface area (Å²) in [5.74, 6) is 0. The van der Waals surface area contributed by atoms with Crippen molar-refractivity contribution >= 4 is 7.82 Å². The Kier molecular flexibility index (Phi) is 16.1. The van der Waals surface area contributed by atoms with Gasteiger partial charge in [-0.05, 0) is 19.3 Å². The highest BCUT2D eigenvalue weighted by Crippen LogP contribution is 2.43. The molecule has 0 aliphatic heterocycles. The van der Waals surface area contributed by atoms with E-state index in [2.05, 4.69) is 27.9 Å². The van der Waals surface area contributed by atoms with E-state index >= 15 is 0 Å². The Bertz CT molecular complexity index is 364. The minimum Gasteiger partial charge on any atom is -0.327 e. The van der Waals surface area contributed by atoms with Crippen molar-refractivity contribution in [2.75, 3.05) is 40.4 Å². The number of phosphoric ester groups is 1. The average Bonchev–Trinajstić information content (AvgIpc) is 2.56. The van der Waals surface area contributed by atoms with E-state index in [1.807, 2.05) is 0 Å². The molecule has 0 fully saturated rings. The van der Waals surface area contributed by atoms with Gasteiger partial charge in [-0.1, -0.05) is 71.6 Å². The molecule has 0 bridgehead atoms. The van der Waals surface area contributed by atoms with Gasteiger partial charge in [0.25, 0.3) is 0 Å². The lowest BCUT2D eigenvalue weighted by molar-refractivity contribution is -0.890. The molecule has 0 aromatic rings. The van der Waals surface area contributed by atoms with Gasteiger partial charge in [0, 0.05) is 0 Å². The molecule has 1 atom stereocenters. The fourth-order valence-electron chi connectivity index (χ4n) is 2.93. The number of quaternary nitrogens is 1. The van der Waals surface area contributed by atoms with E-state index in [0.717, 1.165) is 36.8 Å². The van der Waals surface area contributed by atoms with Crippen LogP contribution in [0.25, 0.3) is 0 Å². The van der Waals surface area contributed by atoms with E-state index in [0.29, 0.717) is 6.61 Å². The Hall–Kier alpha value is 0.0700. The third-order valence-electron chi connectivity index (χ3n) is 4.82. The summed E-state index contributed by atoms with van der Waals surface area (Å²) in [6, 6.07) is 0. The molecule has 1 N–H and O–H groups in total. The second kappa shape index (κ2) is 16.1. The van der Waals surface area contributed by atoms with E-state index in [1.54, 1.807) is 0 Å². The van der Waals surface area contributed by atoms with Crippen LogP contribution < -0.4 is 0 Å². The Morgan fingerprint density at radius 1 is 0.692 bits per heavy atom. The van der Waals surface area contributed by atoms with E-state index in [1.165, 1.54) is 57.8 Å². The third kappa shape index (κ3) is 17.5. The number of likely N-dealkylation sites (N-methyl/N-ethyl adjacent to an activating group) is 1. The summed E-state index contributed by atoms with van der Waals surface area (Å²) in [5.41, 5.74) is 0. The Morgan fingerprint density at radius 3 is 1.73 bits per heavy atom. The van der Waals surface area contributed by atoms with Crippen molar-refractivity contribution in [3.8, 4) is 0 Å². The molecule has 0 radical (unpaired) electrons. The number of rotatable bonds is 19. The van der Waals surface area contributed by atoms with E-state index in [4.69, 9.17) is 9.05 Å². The zero-order valence-corrected chi connectivity index (χ0v) is 18.8. The van der Waals surface area contributed by atoms with Crippen LogP contribution in [-0.4, -0.2) is 49.8 Å². The van der Waals surface area contributed by atoms with Gasteiger partial charge in [0.15, 0.2) is 0 Å². The number of hydrogen-bond acceptors (Lipinski definition) is 3. The molecule has 158 valence electrons. The summed E-state index contributed by atoms with van der Waals surface area (Å²) in [6.45, 7) is 6.78. The van der Waals surface area contributed by atoms with Crippen LogP contribution in [0.15, 0.2) is 0 Å². The van der Waals surface area contributed by atoms with Crippen molar-refractivity contribution in [1.82, 2.24) is 0 Å². The molecule has 0 aromatic carbocycles. The lowest BCUT2D eigenvalue weighted by Gasteiger charge is -2.29. The first-order chi connectivity index (χ1) is 12.3. The molecule has 6 heteroatoms. The summed E-state index contributed by atoms with van der Waals surface area (Å²) in [6.07, 6.45) is 14.5. The summed E-state index contributed by atoms with van der Waals surface area (Å²) in [5, 5.41) is 0. The minimum atomic E-state index is -3.89. The SMILES string of the molecule is CCCCCCCCOP(=O)(O)OCC[N+](C)(C)CCCCCCCC. The van der Waals surface area contributed by atoms with Gasteiger partial charge in [-0.2, -0.15) is 0 Å². The van der Waals surface area contributed by atoms with Gasteiger partial charge in [0.2, 0.25) is 0 Å². The van der Waals surface area contributed by atoms with Crippen molar-refractivity contribution in [1.29, 1.82) is 0 Å². The highest BCUT2D eigenvalue weighted by Gasteiger charge is 2.23. The number of phosphoric acid groups is 1. The Labute approximate surface area is 162 Å². The van der Waals surface area contributed by atoms with Gasteiger partial charge < -0.3 is 9.38 Å². The molecular formula is C20H45NO4P+. The van der Waals surface area contributed by atoms with Gasteiger partial charge >= 0.3 is 7.82 Å². The molecular weight excluding hydrogens is 349 g/mol. The summed E-state index contributed by atoms with van der Waals surface area (Å²) in [7, 11) is 0.401. The predicted octanol–water partition coefficient (Wildman–Crippen LogP) is 5.92. The molecule has 0 spiro atoms. The smallest absolute Gasteiger partial charge is 0.327 e. The molecule has 0 saturated carbocycles. The van der Waals surface area contributed by atoms with Crippen molar-refractivity contribution in [2.45, 2.75) is 90.9 Å². The summed E-state index contributed by atoms with van der Waals surface area (Å²) < 4.78 is 22.9. The number of unbranched alkanes of at least 4 members (excludes halogenated alkanes) is 10. The second-order valence-electron chi connectivity index (χ2n) is 8.05. The molecule has 5 nitrogen and oxygen atoms in total. The summed E-state index contributed by atoms with van der Waals surface area (Å²) >= 11 is 0. The molecule has 0 aliphatic carbocycles. The molecule has 0 amide bonds. The Morgan fingerprint density at radius 2 is 1.15 bits per heavy atom.